The molecular formula is C12H11NO2S2. The summed E-state index contributed by atoms with van der Waals surface area (Å²) in [7, 11) is 0. The topological polar surface area (TPSA) is 43.1 Å². The largest absolute Gasteiger partial charge is 0.264 e. The second kappa shape index (κ2) is 5.84. The average Bonchev–Trinajstić information content (AvgIpc) is 2.82. The summed E-state index contributed by atoms with van der Waals surface area (Å²) in [6.07, 6.45) is 0. The van der Waals surface area contributed by atoms with Crippen molar-refractivity contribution in [2.24, 2.45) is 0 Å². The Kier molecular flexibility index (Phi) is 4.17. The second-order valence-corrected chi connectivity index (χ2v) is 5.71. The fourth-order valence-corrected chi connectivity index (χ4v) is 3.50. The molecule has 0 bridgehead atoms. The van der Waals surface area contributed by atoms with E-state index >= 15 is 0 Å². The van der Waals surface area contributed by atoms with Crippen LogP contribution in [-0.2, 0) is 0 Å². The molecule has 5 heteroatoms. The van der Waals surface area contributed by atoms with E-state index in [4.69, 9.17) is 0 Å². The van der Waals surface area contributed by atoms with Crippen molar-refractivity contribution in [1.82, 2.24) is 0 Å². The summed E-state index contributed by atoms with van der Waals surface area (Å²) >= 11 is 3.11. The van der Waals surface area contributed by atoms with E-state index in [-0.39, 0.29) is 16.7 Å². The van der Waals surface area contributed by atoms with E-state index in [1.165, 1.54) is 0 Å². The molecule has 0 aliphatic heterocycles. The minimum Gasteiger partial charge on any atom is -0.264 e. The summed E-state index contributed by atoms with van der Waals surface area (Å²) in [4.78, 5) is 12.6. The number of thioether (sulfide) groups is 1. The maximum atomic E-state index is 10.7. The third-order valence-electron chi connectivity index (χ3n) is 2.20. The zero-order chi connectivity index (χ0) is 12.1. The van der Waals surface area contributed by atoms with Crippen LogP contribution in [0.1, 0.15) is 10.1 Å². The van der Waals surface area contributed by atoms with Crippen LogP contribution in [0.5, 0.6) is 0 Å². The zero-order valence-corrected chi connectivity index (χ0v) is 10.6. The standard InChI is InChI=1S/C12H11NO2S2/c14-13(15)9-12(11-7-4-8-16-11)17-10-5-2-1-3-6-10/h1-8,12H,9H2. The Morgan fingerprint density at radius 3 is 2.59 bits per heavy atom. The molecule has 1 aromatic heterocycles. The maximum Gasteiger partial charge on any atom is 0.220 e. The van der Waals surface area contributed by atoms with Crippen LogP contribution < -0.4 is 0 Å². The van der Waals surface area contributed by atoms with Crippen molar-refractivity contribution in [2.45, 2.75) is 10.1 Å². The summed E-state index contributed by atoms with van der Waals surface area (Å²) in [6.45, 7) is -0.0416. The Balaban J connectivity index is 2.14. The Labute approximate surface area is 108 Å². The van der Waals surface area contributed by atoms with Crippen molar-refractivity contribution in [3.05, 3.63) is 62.8 Å². The van der Waals surface area contributed by atoms with Gasteiger partial charge >= 0.3 is 0 Å². The number of benzene rings is 1. The highest BCUT2D eigenvalue weighted by molar-refractivity contribution is 7.99. The molecular weight excluding hydrogens is 254 g/mol. The first kappa shape index (κ1) is 12.1. The fourth-order valence-electron chi connectivity index (χ4n) is 1.46. The van der Waals surface area contributed by atoms with Crippen LogP contribution in [0.15, 0.2) is 52.7 Å². The molecule has 0 spiro atoms. The lowest BCUT2D eigenvalue weighted by Crippen LogP contribution is -2.08. The van der Waals surface area contributed by atoms with Crippen molar-refractivity contribution < 1.29 is 4.92 Å². The smallest absolute Gasteiger partial charge is 0.220 e. The molecule has 0 fully saturated rings. The SMILES string of the molecule is O=[N+]([O-])CC(Sc1ccccc1)c1cccs1. The molecule has 1 unspecified atom stereocenters. The predicted octanol–water partition coefficient (Wildman–Crippen LogP) is 3.86. The number of nitro groups is 1. The van der Waals surface area contributed by atoms with Crippen molar-refractivity contribution in [1.29, 1.82) is 0 Å². The first-order valence-electron chi connectivity index (χ1n) is 5.12. The molecule has 0 saturated carbocycles. The summed E-state index contributed by atoms with van der Waals surface area (Å²) in [5, 5.41) is 12.5. The lowest BCUT2D eigenvalue weighted by Gasteiger charge is -2.10. The molecule has 88 valence electrons. The quantitative estimate of drug-likeness (QED) is 0.468. The highest BCUT2D eigenvalue weighted by atomic mass is 32.2. The van der Waals surface area contributed by atoms with Crippen molar-refractivity contribution in [3.8, 4) is 0 Å². The van der Waals surface area contributed by atoms with Gasteiger partial charge in [0.15, 0.2) is 0 Å². The molecule has 1 aromatic carbocycles. The molecule has 0 aliphatic rings. The van der Waals surface area contributed by atoms with Gasteiger partial charge in [-0.2, -0.15) is 0 Å². The van der Waals surface area contributed by atoms with Gasteiger partial charge in [0.25, 0.3) is 0 Å². The third-order valence-corrected chi connectivity index (χ3v) is 4.56. The second-order valence-electron chi connectivity index (χ2n) is 3.45. The van der Waals surface area contributed by atoms with E-state index in [2.05, 4.69) is 0 Å². The first-order chi connectivity index (χ1) is 8.25. The first-order valence-corrected chi connectivity index (χ1v) is 6.88. The number of nitrogens with zero attached hydrogens (tertiary/aromatic N) is 1. The molecule has 0 N–H and O–H groups in total. The number of rotatable bonds is 5. The van der Waals surface area contributed by atoms with E-state index in [9.17, 15) is 10.1 Å². The number of thiophene rings is 1. The molecule has 0 amide bonds. The van der Waals surface area contributed by atoms with Crippen LogP contribution in [0.2, 0.25) is 0 Å². The van der Waals surface area contributed by atoms with E-state index in [1.807, 2.05) is 47.8 Å². The van der Waals surface area contributed by atoms with E-state index in [0.717, 1.165) is 9.77 Å². The normalized spacial score (nSPS) is 12.2. The van der Waals surface area contributed by atoms with E-state index < -0.39 is 0 Å². The molecule has 0 radical (unpaired) electrons. The molecule has 2 rings (SSSR count). The van der Waals surface area contributed by atoms with Gasteiger partial charge in [-0.1, -0.05) is 24.3 Å². The van der Waals surface area contributed by atoms with Crippen LogP contribution in [-0.4, -0.2) is 11.5 Å². The molecule has 1 atom stereocenters. The van der Waals surface area contributed by atoms with Crippen molar-refractivity contribution in [2.75, 3.05) is 6.54 Å². The van der Waals surface area contributed by atoms with Crippen LogP contribution in [0.4, 0.5) is 0 Å². The van der Waals surface area contributed by atoms with Gasteiger partial charge in [0, 0.05) is 14.7 Å². The third kappa shape index (κ3) is 3.57. The summed E-state index contributed by atoms with van der Waals surface area (Å²) in [6, 6.07) is 13.7. The summed E-state index contributed by atoms with van der Waals surface area (Å²) in [5.74, 6) is 0. The van der Waals surface area contributed by atoms with Crippen molar-refractivity contribution >= 4 is 23.1 Å². The molecule has 1 heterocycles. The lowest BCUT2D eigenvalue weighted by atomic mass is 10.3. The molecule has 17 heavy (non-hydrogen) atoms. The highest BCUT2D eigenvalue weighted by Gasteiger charge is 2.19. The zero-order valence-electron chi connectivity index (χ0n) is 8.98. The van der Waals surface area contributed by atoms with E-state index in [1.54, 1.807) is 23.1 Å². The number of hydrogen-bond donors (Lipinski definition) is 0. The van der Waals surface area contributed by atoms with E-state index in [0.29, 0.717) is 0 Å². The van der Waals surface area contributed by atoms with Crippen LogP contribution >= 0.6 is 23.1 Å². The lowest BCUT2D eigenvalue weighted by molar-refractivity contribution is -0.479. The van der Waals surface area contributed by atoms with Gasteiger partial charge in [-0.05, 0) is 23.6 Å². The van der Waals surface area contributed by atoms with Gasteiger partial charge in [0.05, 0.1) is 0 Å². The van der Waals surface area contributed by atoms with Gasteiger partial charge in [-0.3, -0.25) is 10.1 Å². The molecule has 0 saturated heterocycles. The van der Waals surface area contributed by atoms with Gasteiger partial charge in [-0.15, -0.1) is 23.1 Å². The van der Waals surface area contributed by atoms with Crippen LogP contribution in [0.3, 0.4) is 0 Å². The average molecular weight is 265 g/mol. The van der Waals surface area contributed by atoms with Gasteiger partial charge in [0.2, 0.25) is 6.54 Å². The fraction of sp³-hybridized carbons (Fsp3) is 0.167. The van der Waals surface area contributed by atoms with Crippen LogP contribution in [0, 0.1) is 10.1 Å². The summed E-state index contributed by atoms with van der Waals surface area (Å²) in [5.41, 5.74) is 0. The number of hydrogen-bond acceptors (Lipinski definition) is 4. The van der Waals surface area contributed by atoms with Gasteiger partial charge in [0.1, 0.15) is 5.25 Å². The molecule has 3 nitrogen and oxygen atoms in total. The Morgan fingerprint density at radius 2 is 2.00 bits per heavy atom. The van der Waals surface area contributed by atoms with Crippen molar-refractivity contribution in [3.63, 3.8) is 0 Å². The minimum absolute atomic E-state index is 0.0416. The minimum atomic E-state index is -0.250. The Bertz CT molecular complexity index is 471. The monoisotopic (exact) mass is 265 g/mol. The Morgan fingerprint density at radius 1 is 1.24 bits per heavy atom. The predicted molar refractivity (Wildman–Crippen MR) is 71.2 cm³/mol. The highest BCUT2D eigenvalue weighted by Crippen LogP contribution is 2.37. The molecule has 0 aliphatic carbocycles. The van der Waals surface area contributed by atoms with Gasteiger partial charge < -0.3 is 0 Å². The maximum absolute atomic E-state index is 10.7. The van der Waals surface area contributed by atoms with Gasteiger partial charge in [-0.25, -0.2) is 0 Å². The van der Waals surface area contributed by atoms with Crippen LogP contribution in [0.25, 0.3) is 0 Å². The summed E-state index contributed by atoms with van der Waals surface area (Å²) < 4.78 is 0. The Hall–Kier alpha value is -1.33. The molecule has 2 aromatic rings.